The van der Waals surface area contributed by atoms with Crippen molar-refractivity contribution < 1.29 is 9.13 Å². The summed E-state index contributed by atoms with van der Waals surface area (Å²) in [5, 5.41) is 4.34. The van der Waals surface area contributed by atoms with Crippen molar-refractivity contribution in [2.45, 2.75) is 38.3 Å². The summed E-state index contributed by atoms with van der Waals surface area (Å²) in [5.41, 5.74) is 2.85. The summed E-state index contributed by atoms with van der Waals surface area (Å²) in [6.07, 6.45) is 4.99. The van der Waals surface area contributed by atoms with Crippen molar-refractivity contribution in [2.75, 3.05) is 13.7 Å². The molecule has 5 nitrogen and oxygen atoms in total. The predicted molar refractivity (Wildman–Crippen MR) is 130 cm³/mol. The van der Waals surface area contributed by atoms with E-state index in [4.69, 9.17) is 4.74 Å². The van der Waals surface area contributed by atoms with Crippen molar-refractivity contribution in [3.8, 4) is 5.75 Å². The zero-order valence-corrected chi connectivity index (χ0v) is 19.3. The third-order valence-electron chi connectivity index (χ3n) is 6.35. The first-order chi connectivity index (χ1) is 16.1. The van der Waals surface area contributed by atoms with Crippen LogP contribution in [0.3, 0.4) is 0 Å². The number of ether oxygens (including phenoxy) is 1. The van der Waals surface area contributed by atoms with Crippen LogP contribution in [0, 0.1) is 5.82 Å². The summed E-state index contributed by atoms with van der Waals surface area (Å²) in [4.78, 5) is 20.0. The lowest BCUT2D eigenvalue weighted by Gasteiger charge is -2.23. The van der Waals surface area contributed by atoms with E-state index >= 15 is 0 Å². The van der Waals surface area contributed by atoms with Crippen molar-refractivity contribution >= 4 is 21.6 Å². The highest BCUT2D eigenvalue weighted by atomic mass is 32.1. The normalized spacial score (nSPS) is 15.5. The molecule has 0 amide bonds. The fourth-order valence-electron chi connectivity index (χ4n) is 4.62. The number of aromatic nitrogens is 2. The summed E-state index contributed by atoms with van der Waals surface area (Å²) in [7, 11) is 1.64. The number of nitrogens with zero attached hydrogens (tertiary/aromatic N) is 2. The van der Waals surface area contributed by atoms with E-state index in [2.05, 4.69) is 10.3 Å². The second-order valence-corrected chi connectivity index (χ2v) is 9.49. The maximum Gasteiger partial charge on any atom is 0.262 e. The Morgan fingerprint density at radius 2 is 1.97 bits per heavy atom. The highest BCUT2D eigenvalue weighted by Gasteiger charge is 2.25. The number of aryl methyl sites for hydroxylation is 1. The van der Waals surface area contributed by atoms with Gasteiger partial charge in [-0.3, -0.25) is 9.36 Å². The standard InChI is InChI=1S/C26H26FN3O2S/c1-32-22-9-5-3-7-18(22)15-30-16-29-25-24(26(30)31)20-11-10-19(14-23(20)33-25)28-13-12-17-6-2-4-8-21(17)27/h2-9,16,19,28H,10-15H2,1H3. The zero-order chi connectivity index (χ0) is 22.8. The van der Waals surface area contributed by atoms with E-state index in [1.807, 2.05) is 36.4 Å². The average Bonchev–Trinajstić information content (AvgIpc) is 3.21. The topological polar surface area (TPSA) is 56.2 Å². The molecule has 4 aromatic rings. The van der Waals surface area contributed by atoms with Crippen molar-refractivity contribution in [3.63, 3.8) is 0 Å². The van der Waals surface area contributed by atoms with Gasteiger partial charge in [0, 0.05) is 16.5 Å². The number of fused-ring (bicyclic) bond motifs is 3. The lowest BCUT2D eigenvalue weighted by atomic mass is 9.93. The lowest BCUT2D eigenvalue weighted by Crippen LogP contribution is -2.35. The molecule has 0 spiro atoms. The lowest BCUT2D eigenvalue weighted by molar-refractivity contribution is 0.408. The van der Waals surface area contributed by atoms with Crippen LogP contribution >= 0.6 is 11.3 Å². The average molecular weight is 464 g/mol. The maximum absolute atomic E-state index is 13.8. The fourth-order valence-corrected chi connectivity index (χ4v) is 5.87. The molecule has 1 aliphatic carbocycles. The van der Waals surface area contributed by atoms with Crippen LogP contribution in [0.15, 0.2) is 59.7 Å². The molecule has 7 heteroatoms. The molecule has 2 heterocycles. The van der Waals surface area contributed by atoms with Crippen LogP contribution in [0.25, 0.3) is 10.2 Å². The van der Waals surface area contributed by atoms with Crippen LogP contribution < -0.4 is 15.6 Å². The fraction of sp³-hybridized carbons (Fsp3) is 0.308. The van der Waals surface area contributed by atoms with Crippen LogP contribution in [0.5, 0.6) is 5.75 Å². The molecule has 0 bridgehead atoms. The maximum atomic E-state index is 13.8. The van der Waals surface area contributed by atoms with Crippen molar-refractivity contribution in [3.05, 3.63) is 92.6 Å². The molecule has 1 aliphatic rings. The van der Waals surface area contributed by atoms with Crippen molar-refractivity contribution in [1.29, 1.82) is 0 Å². The Bertz CT molecular complexity index is 1350. The van der Waals surface area contributed by atoms with Crippen LogP contribution in [0.4, 0.5) is 4.39 Å². The second kappa shape index (κ2) is 9.45. The molecule has 0 radical (unpaired) electrons. The van der Waals surface area contributed by atoms with E-state index in [1.165, 1.54) is 10.9 Å². The summed E-state index contributed by atoms with van der Waals surface area (Å²) in [6.45, 7) is 1.16. The predicted octanol–water partition coefficient (Wildman–Crippen LogP) is 4.34. The first kappa shape index (κ1) is 21.8. The van der Waals surface area contributed by atoms with Crippen LogP contribution in [0.1, 0.15) is 28.0 Å². The number of rotatable bonds is 7. The van der Waals surface area contributed by atoms with Gasteiger partial charge in [0.25, 0.3) is 5.56 Å². The highest BCUT2D eigenvalue weighted by molar-refractivity contribution is 7.18. The minimum atomic E-state index is -0.148. The monoisotopic (exact) mass is 463 g/mol. The van der Waals surface area contributed by atoms with Gasteiger partial charge in [0.1, 0.15) is 16.4 Å². The zero-order valence-electron chi connectivity index (χ0n) is 18.5. The van der Waals surface area contributed by atoms with Gasteiger partial charge in [-0.15, -0.1) is 11.3 Å². The van der Waals surface area contributed by atoms with Crippen LogP contribution in [-0.4, -0.2) is 29.2 Å². The van der Waals surface area contributed by atoms with Gasteiger partial charge in [-0.2, -0.15) is 0 Å². The van der Waals surface area contributed by atoms with Gasteiger partial charge in [-0.05, 0) is 55.5 Å². The molecule has 170 valence electrons. The molecule has 2 aromatic carbocycles. The minimum absolute atomic E-state index is 0.00867. The molecule has 1 N–H and O–H groups in total. The summed E-state index contributed by atoms with van der Waals surface area (Å²) in [5.74, 6) is 0.617. The van der Waals surface area contributed by atoms with E-state index in [-0.39, 0.29) is 11.4 Å². The Kier molecular flexibility index (Phi) is 6.24. The van der Waals surface area contributed by atoms with Gasteiger partial charge in [-0.25, -0.2) is 9.37 Å². The molecule has 5 rings (SSSR count). The number of hydrogen-bond donors (Lipinski definition) is 1. The van der Waals surface area contributed by atoms with Crippen LogP contribution in [-0.2, 0) is 25.8 Å². The number of nitrogens with one attached hydrogen (secondary N) is 1. The minimum Gasteiger partial charge on any atom is -0.496 e. The van der Waals surface area contributed by atoms with E-state index in [0.29, 0.717) is 19.0 Å². The summed E-state index contributed by atoms with van der Waals surface area (Å²) < 4.78 is 21.0. The quantitative estimate of drug-likeness (QED) is 0.443. The van der Waals surface area contributed by atoms with Gasteiger partial charge < -0.3 is 10.1 Å². The molecule has 0 fully saturated rings. The Hall–Kier alpha value is -3.03. The van der Waals surface area contributed by atoms with E-state index in [9.17, 15) is 9.18 Å². The van der Waals surface area contributed by atoms with E-state index in [1.54, 1.807) is 35.4 Å². The Balaban J connectivity index is 1.32. The molecule has 1 unspecified atom stereocenters. The van der Waals surface area contributed by atoms with Crippen molar-refractivity contribution in [2.24, 2.45) is 0 Å². The first-order valence-electron chi connectivity index (χ1n) is 11.2. The van der Waals surface area contributed by atoms with Gasteiger partial charge in [0.15, 0.2) is 0 Å². The molecule has 0 aliphatic heterocycles. The largest absolute Gasteiger partial charge is 0.496 e. The van der Waals surface area contributed by atoms with E-state index in [0.717, 1.165) is 58.5 Å². The third-order valence-corrected chi connectivity index (χ3v) is 7.52. The molecular formula is C26H26FN3O2S. The number of methoxy groups -OCH3 is 1. The Morgan fingerprint density at radius 1 is 1.18 bits per heavy atom. The SMILES string of the molecule is COc1ccccc1Cn1cnc2sc3c(c2c1=O)CCC(NCCc1ccccc1F)C3. The number of benzene rings is 2. The summed E-state index contributed by atoms with van der Waals surface area (Å²) in [6, 6.07) is 15.0. The molecule has 1 atom stereocenters. The molecule has 0 saturated heterocycles. The van der Waals surface area contributed by atoms with Gasteiger partial charge in [-0.1, -0.05) is 36.4 Å². The Labute approximate surface area is 195 Å². The van der Waals surface area contributed by atoms with Gasteiger partial charge in [0.2, 0.25) is 0 Å². The summed E-state index contributed by atoms with van der Waals surface area (Å²) >= 11 is 1.62. The first-order valence-corrected chi connectivity index (χ1v) is 12.0. The number of hydrogen-bond acceptors (Lipinski definition) is 5. The Morgan fingerprint density at radius 3 is 2.79 bits per heavy atom. The van der Waals surface area contributed by atoms with Crippen LogP contribution in [0.2, 0.25) is 0 Å². The molecular weight excluding hydrogens is 437 g/mol. The van der Waals surface area contributed by atoms with Crippen molar-refractivity contribution in [1.82, 2.24) is 14.9 Å². The van der Waals surface area contributed by atoms with E-state index < -0.39 is 0 Å². The molecule has 33 heavy (non-hydrogen) atoms. The van der Waals surface area contributed by atoms with Gasteiger partial charge in [0.05, 0.1) is 25.4 Å². The number of thiophene rings is 1. The van der Waals surface area contributed by atoms with Gasteiger partial charge >= 0.3 is 0 Å². The third kappa shape index (κ3) is 4.43. The molecule has 0 saturated carbocycles. The smallest absolute Gasteiger partial charge is 0.262 e. The highest BCUT2D eigenvalue weighted by Crippen LogP contribution is 2.33. The molecule has 2 aromatic heterocycles. The second-order valence-electron chi connectivity index (χ2n) is 8.41. The number of halogens is 1. The number of para-hydroxylation sites is 1.